The Hall–Kier alpha value is -3.17. The number of oxazole rings is 1. The summed E-state index contributed by atoms with van der Waals surface area (Å²) in [5.41, 5.74) is 1.46. The van der Waals surface area contributed by atoms with E-state index in [1.54, 1.807) is 31.2 Å². The fourth-order valence-electron chi connectivity index (χ4n) is 3.86. The lowest BCUT2D eigenvalue weighted by atomic mass is 10.1. The van der Waals surface area contributed by atoms with Crippen molar-refractivity contribution in [2.75, 3.05) is 20.2 Å². The molecule has 4 rings (SSSR count). The molecule has 0 radical (unpaired) electrons. The van der Waals surface area contributed by atoms with E-state index in [1.807, 2.05) is 30.3 Å². The van der Waals surface area contributed by atoms with Crippen molar-refractivity contribution in [3.8, 4) is 17.2 Å². The van der Waals surface area contributed by atoms with Crippen LogP contribution in [-0.2, 0) is 21.2 Å². The molecule has 1 saturated heterocycles. The van der Waals surface area contributed by atoms with Gasteiger partial charge in [0, 0.05) is 24.7 Å². The first-order valence-electron chi connectivity index (χ1n) is 10.8. The molecule has 9 heteroatoms. The molecule has 0 atom stereocenters. The van der Waals surface area contributed by atoms with Crippen LogP contribution in [0.3, 0.4) is 0 Å². The van der Waals surface area contributed by atoms with Gasteiger partial charge in [-0.05, 0) is 56.2 Å². The summed E-state index contributed by atoms with van der Waals surface area (Å²) >= 11 is 0. The molecule has 2 aromatic carbocycles. The predicted molar refractivity (Wildman–Crippen MR) is 123 cm³/mol. The summed E-state index contributed by atoms with van der Waals surface area (Å²) < 4.78 is 38.1. The number of ether oxygens (including phenoxy) is 1. The van der Waals surface area contributed by atoms with Gasteiger partial charge in [-0.2, -0.15) is 4.31 Å². The average molecular weight is 470 g/mol. The van der Waals surface area contributed by atoms with E-state index in [-0.39, 0.29) is 23.3 Å². The quantitative estimate of drug-likeness (QED) is 0.570. The van der Waals surface area contributed by atoms with Crippen LogP contribution >= 0.6 is 0 Å². The lowest BCUT2D eigenvalue weighted by Crippen LogP contribution is -2.46. The van der Waals surface area contributed by atoms with Crippen LogP contribution in [0.4, 0.5) is 0 Å². The van der Waals surface area contributed by atoms with Gasteiger partial charge < -0.3 is 14.5 Å². The molecule has 0 bridgehead atoms. The van der Waals surface area contributed by atoms with Gasteiger partial charge in [0.15, 0.2) is 0 Å². The second-order valence-electron chi connectivity index (χ2n) is 7.99. The van der Waals surface area contributed by atoms with Crippen LogP contribution in [0.25, 0.3) is 11.5 Å². The minimum atomic E-state index is -3.57. The van der Waals surface area contributed by atoms with Crippen molar-refractivity contribution in [2.24, 2.45) is 0 Å². The number of rotatable bonds is 7. The summed E-state index contributed by atoms with van der Waals surface area (Å²) in [6, 6.07) is 15.8. The standard InChI is InChI=1S/C24H27N3O5S/c1-17-22(26-24(32-17)18-6-4-3-5-7-18)16-23(28)25-19-12-14-27(15-13-19)33(29,30)21-10-8-20(31-2)9-11-21/h3-11,19H,12-16H2,1-2H3,(H,25,28). The van der Waals surface area contributed by atoms with Gasteiger partial charge in [0.25, 0.3) is 0 Å². The summed E-state index contributed by atoms with van der Waals surface area (Å²) in [4.78, 5) is 17.3. The number of sulfonamides is 1. The Morgan fingerprint density at radius 1 is 1.12 bits per heavy atom. The van der Waals surface area contributed by atoms with Crippen LogP contribution in [0.15, 0.2) is 63.9 Å². The maximum Gasteiger partial charge on any atom is 0.243 e. The molecule has 1 amide bonds. The highest BCUT2D eigenvalue weighted by molar-refractivity contribution is 7.89. The Kier molecular flexibility index (Phi) is 6.80. The second-order valence-corrected chi connectivity index (χ2v) is 9.92. The van der Waals surface area contributed by atoms with E-state index >= 15 is 0 Å². The smallest absolute Gasteiger partial charge is 0.243 e. The van der Waals surface area contributed by atoms with Gasteiger partial charge in [-0.15, -0.1) is 0 Å². The van der Waals surface area contributed by atoms with Gasteiger partial charge >= 0.3 is 0 Å². The van der Waals surface area contributed by atoms with Crippen LogP contribution in [0.2, 0.25) is 0 Å². The fourth-order valence-corrected chi connectivity index (χ4v) is 5.33. The highest BCUT2D eigenvalue weighted by atomic mass is 32.2. The Morgan fingerprint density at radius 2 is 1.79 bits per heavy atom. The molecule has 1 aromatic heterocycles. The Labute approximate surface area is 193 Å². The van der Waals surface area contributed by atoms with Crippen molar-refractivity contribution in [1.82, 2.24) is 14.6 Å². The van der Waals surface area contributed by atoms with E-state index < -0.39 is 10.0 Å². The summed E-state index contributed by atoms with van der Waals surface area (Å²) in [5, 5.41) is 3.01. The molecule has 33 heavy (non-hydrogen) atoms. The number of carbonyl (C=O) groups excluding carboxylic acids is 1. The Morgan fingerprint density at radius 3 is 2.42 bits per heavy atom. The van der Waals surface area contributed by atoms with E-state index in [0.29, 0.717) is 49.0 Å². The summed E-state index contributed by atoms with van der Waals surface area (Å²) in [5.74, 6) is 1.56. The topological polar surface area (TPSA) is 102 Å². The van der Waals surface area contributed by atoms with Gasteiger partial charge in [-0.3, -0.25) is 4.79 Å². The molecule has 1 fully saturated rings. The van der Waals surface area contributed by atoms with Crippen molar-refractivity contribution < 1.29 is 22.4 Å². The molecule has 1 aliphatic heterocycles. The minimum absolute atomic E-state index is 0.0828. The van der Waals surface area contributed by atoms with Crippen molar-refractivity contribution in [3.05, 3.63) is 66.1 Å². The van der Waals surface area contributed by atoms with Gasteiger partial charge in [-0.25, -0.2) is 13.4 Å². The first-order chi connectivity index (χ1) is 15.9. The van der Waals surface area contributed by atoms with E-state index in [0.717, 1.165) is 5.56 Å². The van der Waals surface area contributed by atoms with Gasteiger partial charge in [-0.1, -0.05) is 18.2 Å². The molecular formula is C24H27N3O5S. The van der Waals surface area contributed by atoms with Gasteiger partial charge in [0.05, 0.1) is 24.1 Å². The molecule has 0 aliphatic carbocycles. The zero-order chi connectivity index (χ0) is 23.4. The van der Waals surface area contributed by atoms with Crippen molar-refractivity contribution in [2.45, 2.75) is 37.1 Å². The zero-order valence-corrected chi connectivity index (χ0v) is 19.5. The van der Waals surface area contributed by atoms with Crippen LogP contribution in [0, 0.1) is 6.92 Å². The number of methoxy groups -OCH3 is 1. The zero-order valence-electron chi connectivity index (χ0n) is 18.7. The third-order valence-electron chi connectivity index (χ3n) is 5.76. The monoisotopic (exact) mass is 469 g/mol. The molecule has 1 N–H and O–H groups in total. The average Bonchev–Trinajstić information content (AvgIpc) is 3.20. The molecule has 0 unspecified atom stereocenters. The predicted octanol–water partition coefficient (Wildman–Crippen LogP) is 3.17. The largest absolute Gasteiger partial charge is 0.497 e. The molecule has 0 spiro atoms. The van der Waals surface area contributed by atoms with Crippen LogP contribution < -0.4 is 10.1 Å². The first kappa shape index (κ1) is 23.0. The van der Waals surface area contributed by atoms with Crippen molar-refractivity contribution in [1.29, 1.82) is 0 Å². The maximum absolute atomic E-state index is 12.9. The number of hydrogen-bond donors (Lipinski definition) is 1. The van der Waals surface area contributed by atoms with Crippen LogP contribution in [-0.4, -0.2) is 49.9 Å². The number of nitrogens with zero attached hydrogens (tertiary/aromatic N) is 2. The van der Waals surface area contributed by atoms with E-state index in [4.69, 9.17) is 9.15 Å². The molecule has 8 nitrogen and oxygen atoms in total. The number of carbonyl (C=O) groups is 1. The lowest BCUT2D eigenvalue weighted by Gasteiger charge is -2.31. The summed E-state index contributed by atoms with van der Waals surface area (Å²) in [7, 11) is -2.04. The maximum atomic E-state index is 12.9. The second kappa shape index (κ2) is 9.76. The van der Waals surface area contributed by atoms with Crippen molar-refractivity contribution >= 4 is 15.9 Å². The molecular weight excluding hydrogens is 442 g/mol. The molecule has 3 aromatic rings. The van der Waals surface area contributed by atoms with E-state index in [9.17, 15) is 13.2 Å². The number of aryl methyl sites for hydroxylation is 1. The number of piperidine rings is 1. The van der Waals surface area contributed by atoms with Crippen molar-refractivity contribution in [3.63, 3.8) is 0 Å². The van der Waals surface area contributed by atoms with E-state index in [2.05, 4.69) is 10.3 Å². The molecule has 2 heterocycles. The highest BCUT2D eigenvalue weighted by Gasteiger charge is 2.30. The van der Waals surface area contributed by atoms with Gasteiger partial charge in [0.1, 0.15) is 11.5 Å². The van der Waals surface area contributed by atoms with E-state index in [1.165, 1.54) is 11.4 Å². The number of benzene rings is 2. The highest BCUT2D eigenvalue weighted by Crippen LogP contribution is 2.24. The summed E-state index contributed by atoms with van der Waals surface area (Å²) in [6.45, 7) is 2.49. The first-order valence-corrected chi connectivity index (χ1v) is 12.3. The number of hydrogen-bond acceptors (Lipinski definition) is 6. The third-order valence-corrected chi connectivity index (χ3v) is 7.67. The number of aromatic nitrogens is 1. The minimum Gasteiger partial charge on any atom is -0.497 e. The fraction of sp³-hybridized carbons (Fsp3) is 0.333. The summed E-state index contributed by atoms with van der Waals surface area (Å²) in [6.07, 6.45) is 1.22. The molecule has 174 valence electrons. The third kappa shape index (κ3) is 5.26. The SMILES string of the molecule is COc1ccc(S(=O)(=O)N2CCC(NC(=O)Cc3nc(-c4ccccc4)oc3C)CC2)cc1. The van der Waals surface area contributed by atoms with Crippen LogP contribution in [0.1, 0.15) is 24.3 Å². The number of nitrogens with one attached hydrogen (secondary N) is 1. The normalized spacial score (nSPS) is 15.3. The molecule has 1 aliphatic rings. The Bertz CT molecular complexity index is 1200. The number of amides is 1. The molecule has 0 saturated carbocycles. The van der Waals surface area contributed by atoms with Crippen LogP contribution in [0.5, 0.6) is 5.75 Å². The Balaban J connectivity index is 1.32. The van der Waals surface area contributed by atoms with Gasteiger partial charge in [0.2, 0.25) is 21.8 Å². The lowest BCUT2D eigenvalue weighted by molar-refractivity contribution is -0.121.